The van der Waals surface area contributed by atoms with Gasteiger partial charge in [0.25, 0.3) is 0 Å². The lowest BCUT2D eigenvalue weighted by Gasteiger charge is -2.12. The van der Waals surface area contributed by atoms with E-state index in [1.165, 1.54) is 4.68 Å². The van der Waals surface area contributed by atoms with Gasteiger partial charge in [0.15, 0.2) is 5.82 Å². The first-order valence-electron chi connectivity index (χ1n) is 4.33. The summed E-state index contributed by atoms with van der Waals surface area (Å²) in [5.41, 5.74) is 6.05. The van der Waals surface area contributed by atoms with Crippen LogP contribution >= 0.6 is 0 Å². The predicted octanol–water partition coefficient (Wildman–Crippen LogP) is 1.46. The Kier molecular flexibility index (Phi) is 3.27. The van der Waals surface area contributed by atoms with Crippen LogP contribution in [0.1, 0.15) is 13.3 Å². The Morgan fingerprint density at radius 3 is 2.71 bits per heavy atom. The first-order valence-corrected chi connectivity index (χ1v) is 4.33. The number of anilines is 2. The molecule has 0 fully saturated rings. The third-order valence-corrected chi connectivity index (χ3v) is 1.77. The molecule has 0 bridgehead atoms. The molecule has 0 aliphatic carbocycles. The molecule has 14 heavy (non-hydrogen) atoms. The van der Waals surface area contributed by atoms with Gasteiger partial charge in [0.2, 0.25) is 6.43 Å². The van der Waals surface area contributed by atoms with E-state index < -0.39 is 6.43 Å². The van der Waals surface area contributed by atoms with E-state index in [2.05, 4.69) is 10.4 Å². The molecule has 1 aromatic heterocycles. The van der Waals surface area contributed by atoms with Gasteiger partial charge in [-0.1, -0.05) is 0 Å². The molecule has 0 spiro atoms. The molecule has 3 N–H and O–H groups in total. The van der Waals surface area contributed by atoms with Crippen LogP contribution in [0.4, 0.5) is 20.3 Å². The van der Waals surface area contributed by atoms with Gasteiger partial charge in [0.05, 0.1) is 5.69 Å². The summed E-state index contributed by atoms with van der Waals surface area (Å²) in [7, 11) is 1.72. The second-order valence-electron chi connectivity index (χ2n) is 3.28. The van der Waals surface area contributed by atoms with Gasteiger partial charge in [0, 0.05) is 25.7 Å². The zero-order valence-electron chi connectivity index (χ0n) is 8.17. The maximum Gasteiger partial charge on any atom is 0.240 e. The molecule has 1 unspecified atom stereocenters. The van der Waals surface area contributed by atoms with Crippen LogP contribution in [0.3, 0.4) is 0 Å². The van der Waals surface area contributed by atoms with E-state index >= 15 is 0 Å². The fourth-order valence-electron chi connectivity index (χ4n) is 1.18. The second kappa shape index (κ2) is 4.26. The van der Waals surface area contributed by atoms with Gasteiger partial charge in [-0.2, -0.15) is 5.10 Å². The number of nitrogens with one attached hydrogen (secondary N) is 1. The Labute approximate surface area is 81.1 Å². The highest BCUT2D eigenvalue weighted by Gasteiger charge is 2.12. The van der Waals surface area contributed by atoms with Crippen molar-refractivity contribution in [2.75, 3.05) is 11.1 Å². The summed E-state index contributed by atoms with van der Waals surface area (Å²) in [5, 5.41) is 6.82. The maximum atomic E-state index is 12.0. The number of nitrogens with two attached hydrogens (primary N) is 1. The lowest BCUT2D eigenvalue weighted by atomic mass is 10.2. The summed E-state index contributed by atoms with van der Waals surface area (Å²) in [6.45, 7) is 1.67. The van der Waals surface area contributed by atoms with Crippen molar-refractivity contribution in [2.45, 2.75) is 25.8 Å². The Balaban J connectivity index is 2.55. The number of halogens is 2. The average Bonchev–Trinajstić information content (AvgIpc) is 2.28. The number of rotatable bonds is 4. The first kappa shape index (κ1) is 10.7. The Morgan fingerprint density at radius 1 is 1.64 bits per heavy atom. The van der Waals surface area contributed by atoms with Gasteiger partial charge in [-0.3, -0.25) is 4.68 Å². The third-order valence-electron chi connectivity index (χ3n) is 1.77. The topological polar surface area (TPSA) is 55.9 Å². The molecule has 1 aromatic rings. The predicted molar refractivity (Wildman–Crippen MR) is 51.3 cm³/mol. The molecule has 0 saturated heterocycles. The second-order valence-corrected chi connectivity index (χ2v) is 3.28. The van der Waals surface area contributed by atoms with Gasteiger partial charge in [-0.15, -0.1) is 0 Å². The molecule has 80 valence electrons. The van der Waals surface area contributed by atoms with Crippen molar-refractivity contribution in [1.29, 1.82) is 0 Å². The minimum Gasteiger partial charge on any atom is -0.394 e. The largest absolute Gasteiger partial charge is 0.394 e. The van der Waals surface area contributed by atoms with Crippen LogP contribution in [-0.2, 0) is 7.05 Å². The summed E-state index contributed by atoms with van der Waals surface area (Å²) >= 11 is 0. The number of nitrogens with zero attached hydrogens (tertiary/aromatic N) is 2. The molecule has 0 saturated carbocycles. The standard InChI is InChI=1S/C8H14F2N4/c1-5(3-7(9)10)12-8-6(11)4-14(2)13-8/h4-5,7H,3,11H2,1-2H3,(H,12,13). The van der Waals surface area contributed by atoms with Crippen LogP contribution in [0.2, 0.25) is 0 Å². The van der Waals surface area contributed by atoms with Gasteiger partial charge in [0.1, 0.15) is 0 Å². The van der Waals surface area contributed by atoms with E-state index in [4.69, 9.17) is 5.73 Å². The molecule has 0 radical (unpaired) electrons. The molecule has 1 atom stereocenters. The first-order chi connectivity index (χ1) is 6.49. The van der Waals surface area contributed by atoms with Crippen LogP contribution in [0.5, 0.6) is 0 Å². The fourth-order valence-corrected chi connectivity index (χ4v) is 1.18. The van der Waals surface area contributed by atoms with Crippen molar-refractivity contribution < 1.29 is 8.78 Å². The van der Waals surface area contributed by atoms with Crippen molar-refractivity contribution >= 4 is 11.5 Å². The highest BCUT2D eigenvalue weighted by Crippen LogP contribution is 2.17. The van der Waals surface area contributed by atoms with Crippen molar-refractivity contribution in [3.8, 4) is 0 Å². The van der Waals surface area contributed by atoms with Crippen molar-refractivity contribution in [3.63, 3.8) is 0 Å². The molecule has 4 nitrogen and oxygen atoms in total. The van der Waals surface area contributed by atoms with E-state index in [1.807, 2.05) is 0 Å². The molecule has 0 aliphatic heterocycles. The molecule has 1 rings (SSSR count). The summed E-state index contributed by atoms with van der Waals surface area (Å²) in [6, 6.07) is -0.341. The molecule has 1 heterocycles. The van der Waals surface area contributed by atoms with Gasteiger partial charge < -0.3 is 11.1 Å². The van der Waals surface area contributed by atoms with Crippen LogP contribution in [0.25, 0.3) is 0 Å². The molecular formula is C8H14F2N4. The molecule has 0 amide bonds. The van der Waals surface area contributed by atoms with Crippen LogP contribution < -0.4 is 11.1 Å². The number of aromatic nitrogens is 2. The van der Waals surface area contributed by atoms with Crippen LogP contribution in [0.15, 0.2) is 6.20 Å². The summed E-state index contributed by atoms with van der Waals surface area (Å²) in [6.07, 6.45) is -0.907. The van der Waals surface area contributed by atoms with E-state index in [0.717, 1.165) is 0 Å². The average molecular weight is 204 g/mol. The van der Waals surface area contributed by atoms with Crippen LogP contribution in [0, 0.1) is 0 Å². The van der Waals surface area contributed by atoms with Crippen molar-refractivity contribution in [3.05, 3.63) is 6.20 Å². The lowest BCUT2D eigenvalue weighted by Crippen LogP contribution is -2.19. The molecular weight excluding hydrogens is 190 g/mol. The number of alkyl halides is 2. The van der Waals surface area contributed by atoms with Crippen molar-refractivity contribution in [2.24, 2.45) is 7.05 Å². The zero-order valence-corrected chi connectivity index (χ0v) is 8.17. The molecule has 0 aliphatic rings. The zero-order chi connectivity index (χ0) is 10.7. The fraction of sp³-hybridized carbons (Fsp3) is 0.625. The monoisotopic (exact) mass is 204 g/mol. The number of hydrogen-bond acceptors (Lipinski definition) is 3. The third kappa shape index (κ3) is 2.86. The van der Waals surface area contributed by atoms with E-state index in [0.29, 0.717) is 11.5 Å². The Bertz CT molecular complexity index is 298. The van der Waals surface area contributed by atoms with Gasteiger partial charge >= 0.3 is 0 Å². The number of nitrogen functional groups attached to an aromatic ring is 1. The quantitative estimate of drug-likeness (QED) is 0.780. The number of hydrogen-bond donors (Lipinski definition) is 2. The minimum atomic E-state index is -2.32. The van der Waals surface area contributed by atoms with E-state index in [-0.39, 0.29) is 12.5 Å². The highest BCUT2D eigenvalue weighted by molar-refractivity contribution is 5.60. The summed E-state index contributed by atoms with van der Waals surface area (Å²) < 4.78 is 25.5. The van der Waals surface area contributed by atoms with Crippen LogP contribution in [-0.4, -0.2) is 22.2 Å². The summed E-state index contributed by atoms with van der Waals surface area (Å²) in [4.78, 5) is 0. The summed E-state index contributed by atoms with van der Waals surface area (Å²) in [5.74, 6) is 0.459. The Morgan fingerprint density at radius 2 is 2.29 bits per heavy atom. The molecule has 0 aromatic carbocycles. The van der Waals surface area contributed by atoms with Gasteiger partial charge in [-0.25, -0.2) is 8.78 Å². The maximum absolute atomic E-state index is 12.0. The number of aryl methyl sites for hydroxylation is 1. The molecule has 6 heteroatoms. The highest BCUT2D eigenvalue weighted by atomic mass is 19.3. The van der Waals surface area contributed by atoms with E-state index in [9.17, 15) is 8.78 Å². The van der Waals surface area contributed by atoms with E-state index in [1.54, 1.807) is 20.2 Å². The normalized spacial score (nSPS) is 13.2. The van der Waals surface area contributed by atoms with Crippen molar-refractivity contribution in [1.82, 2.24) is 9.78 Å². The Hall–Kier alpha value is -1.33. The minimum absolute atomic E-state index is 0.212. The lowest BCUT2D eigenvalue weighted by molar-refractivity contribution is 0.133. The SMILES string of the molecule is CC(CC(F)F)Nc1nn(C)cc1N. The smallest absolute Gasteiger partial charge is 0.240 e. The van der Waals surface area contributed by atoms with Gasteiger partial charge in [-0.05, 0) is 6.92 Å².